The molecule has 2 rings (SSSR count). The second-order valence-corrected chi connectivity index (χ2v) is 4.08. The minimum absolute atomic E-state index is 0.0891. The summed E-state index contributed by atoms with van der Waals surface area (Å²) < 4.78 is 0. The van der Waals surface area contributed by atoms with Crippen molar-refractivity contribution in [3.8, 4) is 0 Å². The third-order valence-electron chi connectivity index (χ3n) is 3.22. The minimum atomic E-state index is 0.0891. The van der Waals surface area contributed by atoms with Crippen LogP contribution < -0.4 is 4.90 Å². The Morgan fingerprint density at radius 2 is 2.06 bits per heavy atom. The zero-order valence-corrected chi connectivity index (χ0v) is 9.76. The van der Waals surface area contributed by atoms with Crippen molar-refractivity contribution in [2.24, 2.45) is 0 Å². The molecule has 0 amide bonds. The van der Waals surface area contributed by atoms with E-state index in [1.807, 2.05) is 12.3 Å². The molecule has 0 atom stereocenters. The van der Waals surface area contributed by atoms with E-state index >= 15 is 0 Å². The number of hydrogen-bond donors (Lipinski definition) is 1. The molecule has 0 aliphatic carbocycles. The lowest BCUT2D eigenvalue weighted by Crippen LogP contribution is -2.46. The number of anilines is 1. The van der Waals surface area contributed by atoms with Gasteiger partial charge in [0, 0.05) is 37.9 Å². The molecule has 1 fully saturated rings. The molecule has 0 radical (unpaired) electrons. The number of likely N-dealkylation sites (N-methyl/N-ethyl adjacent to an activating group) is 1. The maximum atomic E-state index is 9.28. The van der Waals surface area contributed by atoms with Crippen LogP contribution in [-0.4, -0.2) is 47.7 Å². The van der Waals surface area contributed by atoms with Crippen LogP contribution >= 0.6 is 0 Å². The predicted molar refractivity (Wildman–Crippen MR) is 64.5 cm³/mol. The summed E-state index contributed by atoms with van der Waals surface area (Å²) in [6.07, 6.45) is 3.59. The number of nitrogens with zero attached hydrogens (tertiary/aromatic N) is 3. The van der Waals surface area contributed by atoms with Gasteiger partial charge in [-0.25, -0.2) is 0 Å². The fourth-order valence-electron chi connectivity index (χ4n) is 2.14. The first-order valence-electron chi connectivity index (χ1n) is 5.86. The summed E-state index contributed by atoms with van der Waals surface area (Å²) in [6, 6.07) is 1.89. The van der Waals surface area contributed by atoms with Crippen molar-refractivity contribution in [3.63, 3.8) is 0 Å². The molecule has 0 spiro atoms. The van der Waals surface area contributed by atoms with Crippen LogP contribution in [0, 0.1) is 0 Å². The Balaban J connectivity index is 2.07. The second-order valence-electron chi connectivity index (χ2n) is 4.08. The second kappa shape index (κ2) is 5.27. The van der Waals surface area contributed by atoms with Crippen molar-refractivity contribution in [2.45, 2.75) is 13.5 Å². The Morgan fingerprint density at radius 1 is 1.31 bits per heavy atom. The molecule has 0 bridgehead atoms. The molecular formula is C12H19N3O. The van der Waals surface area contributed by atoms with Crippen LogP contribution in [0.15, 0.2) is 18.5 Å². The third kappa shape index (κ3) is 2.33. The van der Waals surface area contributed by atoms with E-state index < -0.39 is 0 Å². The van der Waals surface area contributed by atoms with E-state index in [1.54, 1.807) is 6.20 Å². The molecule has 1 aromatic rings. The van der Waals surface area contributed by atoms with Gasteiger partial charge in [0.25, 0.3) is 0 Å². The molecule has 1 aromatic heterocycles. The number of hydrogen-bond acceptors (Lipinski definition) is 4. The van der Waals surface area contributed by atoms with E-state index in [0.29, 0.717) is 0 Å². The van der Waals surface area contributed by atoms with Crippen LogP contribution in [0.1, 0.15) is 12.5 Å². The van der Waals surface area contributed by atoms with Gasteiger partial charge in [-0.3, -0.25) is 4.98 Å². The first kappa shape index (κ1) is 11.4. The highest BCUT2D eigenvalue weighted by atomic mass is 16.3. The van der Waals surface area contributed by atoms with Gasteiger partial charge in [0.05, 0.1) is 18.5 Å². The monoisotopic (exact) mass is 221 g/mol. The van der Waals surface area contributed by atoms with Gasteiger partial charge in [0.1, 0.15) is 0 Å². The Morgan fingerprint density at radius 3 is 2.69 bits per heavy atom. The lowest BCUT2D eigenvalue weighted by Gasteiger charge is -2.36. The molecule has 1 aliphatic rings. The molecule has 4 nitrogen and oxygen atoms in total. The number of aromatic nitrogens is 1. The highest BCUT2D eigenvalue weighted by molar-refractivity contribution is 5.51. The van der Waals surface area contributed by atoms with E-state index in [9.17, 15) is 5.11 Å². The van der Waals surface area contributed by atoms with Crippen molar-refractivity contribution in [2.75, 3.05) is 37.6 Å². The molecule has 1 N–H and O–H groups in total. The van der Waals surface area contributed by atoms with Gasteiger partial charge < -0.3 is 14.9 Å². The number of pyridine rings is 1. The van der Waals surface area contributed by atoms with E-state index in [4.69, 9.17) is 0 Å². The third-order valence-corrected chi connectivity index (χ3v) is 3.22. The van der Waals surface area contributed by atoms with Crippen molar-refractivity contribution >= 4 is 5.69 Å². The van der Waals surface area contributed by atoms with Gasteiger partial charge >= 0.3 is 0 Å². The number of aliphatic hydroxyl groups is 1. The normalized spacial score (nSPS) is 17.8. The average Bonchev–Trinajstić information content (AvgIpc) is 2.39. The fourth-order valence-corrected chi connectivity index (χ4v) is 2.14. The van der Waals surface area contributed by atoms with Crippen LogP contribution in [0.2, 0.25) is 0 Å². The molecular weight excluding hydrogens is 202 g/mol. The Kier molecular flexibility index (Phi) is 3.74. The van der Waals surface area contributed by atoms with E-state index in [-0.39, 0.29) is 6.61 Å². The summed E-state index contributed by atoms with van der Waals surface area (Å²) in [5, 5.41) is 9.28. The molecule has 1 aliphatic heterocycles. The van der Waals surface area contributed by atoms with Gasteiger partial charge in [-0.2, -0.15) is 0 Å². The van der Waals surface area contributed by atoms with Crippen LogP contribution in [0.25, 0.3) is 0 Å². The zero-order valence-electron chi connectivity index (χ0n) is 9.76. The van der Waals surface area contributed by atoms with Crippen LogP contribution in [-0.2, 0) is 6.61 Å². The maximum absolute atomic E-state index is 9.28. The lowest BCUT2D eigenvalue weighted by molar-refractivity contribution is 0.267. The predicted octanol–water partition coefficient (Wildman–Crippen LogP) is 0.716. The summed E-state index contributed by atoms with van der Waals surface area (Å²) in [5.41, 5.74) is 2.06. The molecule has 2 heterocycles. The summed E-state index contributed by atoms with van der Waals surface area (Å²) >= 11 is 0. The van der Waals surface area contributed by atoms with Gasteiger partial charge in [-0.05, 0) is 12.6 Å². The standard InChI is InChI=1S/C12H19N3O/c1-2-14-5-7-15(8-6-14)12-9-13-4-3-11(12)10-16/h3-4,9,16H,2,5-8,10H2,1H3. The number of rotatable bonds is 3. The quantitative estimate of drug-likeness (QED) is 0.816. The van der Waals surface area contributed by atoms with Gasteiger partial charge in [0.15, 0.2) is 0 Å². The van der Waals surface area contributed by atoms with Crippen molar-refractivity contribution < 1.29 is 5.11 Å². The first-order chi connectivity index (χ1) is 7.85. The molecule has 0 saturated carbocycles. The summed E-state index contributed by atoms with van der Waals surface area (Å²) in [7, 11) is 0. The number of aliphatic hydroxyl groups excluding tert-OH is 1. The summed E-state index contributed by atoms with van der Waals surface area (Å²) in [5.74, 6) is 0. The molecule has 0 aromatic carbocycles. The van der Waals surface area contributed by atoms with Gasteiger partial charge in [-0.15, -0.1) is 0 Å². The zero-order chi connectivity index (χ0) is 11.4. The Labute approximate surface area is 96.5 Å². The van der Waals surface area contributed by atoms with E-state index in [0.717, 1.165) is 44.0 Å². The maximum Gasteiger partial charge on any atom is 0.0703 e. The topological polar surface area (TPSA) is 39.6 Å². The van der Waals surface area contributed by atoms with Crippen LogP contribution in [0.3, 0.4) is 0 Å². The minimum Gasteiger partial charge on any atom is -0.392 e. The van der Waals surface area contributed by atoms with Crippen molar-refractivity contribution in [1.29, 1.82) is 0 Å². The average molecular weight is 221 g/mol. The van der Waals surface area contributed by atoms with Crippen molar-refractivity contribution in [1.82, 2.24) is 9.88 Å². The Hall–Kier alpha value is -1.13. The van der Waals surface area contributed by atoms with Crippen LogP contribution in [0.5, 0.6) is 0 Å². The van der Waals surface area contributed by atoms with Gasteiger partial charge in [0.2, 0.25) is 0 Å². The fraction of sp³-hybridized carbons (Fsp3) is 0.583. The molecule has 1 saturated heterocycles. The van der Waals surface area contributed by atoms with E-state index in [1.165, 1.54) is 0 Å². The van der Waals surface area contributed by atoms with Gasteiger partial charge in [-0.1, -0.05) is 6.92 Å². The molecule has 88 valence electrons. The first-order valence-corrected chi connectivity index (χ1v) is 5.86. The highest BCUT2D eigenvalue weighted by Gasteiger charge is 2.17. The molecule has 0 unspecified atom stereocenters. The smallest absolute Gasteiger partial charge is 0.0703 e. The van der Waals surface area contributed by atoms with Crippen molar-refractivity contribution in [3.05, 3.63) is 24.0 Å². The highest BCUT2D eigenvalue weighted by Crippen LogP contribution is 2.20. The van der Waals surface area contributed by atoms with Crippen LogP contribution in [0.4, 0.5) is 5.69 Å². The molecule has 4 heteroatoms. The lowest BCUT2D eigenvalue weighted by atomic mass is 10.2. The molecule has 16 heavy (non-hydrogen) atoms. The van der Waals surface area contributed by atoms with E-state index in [2.05, 4.69) is 21.7 Å². The largest absolute Gasteiger partial charge is 0.392 e. The summed E-state index contributed by atoms with van der Waals surface area (Å²) in [4.78, 5) is 8.89. The summed E-state index contributed by atoms with van der Waals surface area (Å²) in [6.45, 7) is 7.63. The SMILES string of the molecule is CCN1CCN(c2cnccc2CO)CC1. The number of piperazine rings is 1. The Bertz CT molecular complexity index is 335.